The Morgan fingerprint density at radius 2 is 0.495 bits per heavy atom. The lowest BCUT2D eigenvalue weighted by Crippen LogP contribution is -2.30. The van der Waals surface area contributed by atoms with Gasteiger partial charge < -0.3 is 34.2 Å². The molecule has 0 saturated carbocycles. The predicted molar refractivity (Wildman–Crippen MR) is 417 cm³/mol. The van der Waals surface area contributed by atoms with Crippen molar-refractivity contribution in [3.05, 3.63) is 97.2 Å². The number of carbonyl (C=O) groups excluding carboxylic acids is 3. The van der Waals surface area contributed by atoms with Gasteiger partial charge in [0, 0.05) is 19.3 Å². The first-order chi connectivity index (χ1) is 49.2. The average molecular weight is 1460 g/mol. The zero-order valence-electron chi connectivity index (χ0n) is 64.1. The fourth-order valence-electron chi connectivity index (χ4n) is 11.1. The lowest BCUT2D eigenvalue weighted by molar-refractivity contribution is -0.161. The molecule has 101 heavy (non-hydrogen) atoms. The molecule has 0 saturated heterocycles. The zero-order valence-corrected chi connectivity index (χ0v) is 65.9. The first-order valence-electron chi connectivity index (χ1n) is 40.5. The van der Waals surface area contributed by atoms with Crippen LogP contribution >= 0.6 is 15.6 Å². The summed E-state index contributed by atoms with van der Waals surface area (Å²) in [7, 11) is -9.78. The minimum atomic E-state index is -4.93. The Labute approximate surface area is 616 Å². The topological polar surface area (TPSA) is 231 Å². The molecular formula is C83H148O16P2. The first kappa shape index (κ1) is 97.5. The molecule has 0 aliphatic carbocycles. The minimum absolute atomic E-state index is 0.107. The van der Waals surface area contributed by atoms with Gasteiger partial charge in [-0.3, -0.25) is 32.5 Å². The van der Waals surface area contributed by atoms with E-state index in [4.69, 9.17) is 32.3 Å². The zero-order chi connectivity index (χ0) is 73.7. The fourth-order valence-corrected chi connectivity index (χ4v) is 12.7. The third kappa shape index (κ3) is 77.4. The van der Waals surface area contributed by atoms with E-state index in [-0.39, 0.29) is 19.3 Å². The van der Waals surface area contributed by atoms with Crippen molar-refractivity contribution in [2.45, 2.75) is 373 Å². The highest BCUT2D eigenvalue weighted by molar-refractivity contribution is 7.47. The van der Waals surface area contributed by atoms with Crippen molar-refractivity contribution < 1.29 is 75.8 Å². The lowest BCUT2D eigenvalue weighted by Gasteiger charge is -2.21. The maximum Gasteiger partial charge on any atom is 0.472 e. The standard InChI is InChI=1S/C83H148O16P2/c1-4-7-10-13-16-19-22-25-27-29-31-33-35-37-38-40-42-43-45-47-49-52-54-57-60-63-66-69-81(86)93-72-78(84)73-95-100(89,90)96-74-79(85)75-97-101(91,92)98-77-80(99-83(88)71-68-65-62-59-56-51-24-21-18-15-12-9-6-3)76-94-82(87)70-67-64-61-58-55-53-50-48-46-44-41-39-36-34-32-30-28-26-23-20-17-14-11-8-5-2/h16-17,19-20,25-28,31-34,37-39,41,78-80,84-85H,4-15,18,21-24,29-30,35-36,40,42-77H2,1-3H3,(H,89,90)(H,91,92)/b19-16-,20-17-,27-25-,28-26-,33-31-,34-32-,38-37-,41-39-. The number of aliphatic hydroxyl groups is 2. The maximum atomic E-state index is 13.0. The van der Waals surface area contributed by atoms with Gasteiger partial charge in [-0.25, -0.2) is 9.13 Å². The Morgan fingerprint density at radius 1 is 0.277 bits per heavy atom. The van der Waals surface area contributed by atoms with Gasteiger partial charge in [0.1, 0.15) is 25.4 Å². The SMILES string of the molecule is CCCCC/C=C\C/C=C\C/C=C\C/C=C\CCCCCCCCCCCCCC(=O)OCC(O)COP(=O)(O)OCC(O)COP(=O)(O)OCC(COC(=O)CCCCCCCCCCC/C=C\C/C=C\C/C=C\C/C=C\CCCCC)OC(=O)CCCCCCCCCCCCCCC. The van der Waals surface area contributed by atoms with E-state index in [0.717, 1.165) is 122 Å². The Bertz CT molecular complexity index is 2220. The highest BCUT2D eigenvalue weighted by atomic mass is 31.2. The molecule has 0 heterocycles. The highest BCUT2D eigenvalue weighted by Crippen LogP contribution is 2.45. The molecule has 0 fully saturated rings. The number of aliphatic hydroxyl groups excluding tert-OH is 2. The second kappa shape index (κ2) is 76.1. The van der Waals surface area contributed by atoms with Crippen molar-refractivity contribution in [2.24, 2.45) is 0 Å². The third-order valence-corrected chi connectivity index (χ3v) is 19.2. The van der Waals surface area contributed by atoms with Crippen molar-refractivity contribution in [3.63, 3.8) is 0 Å². The largest absolute Gasteiger partial charge is 0.472 e. The van der Waals surface area contributed by atoms with Crippen LogP contribution in [0.25, 0.3) is 0 Å². The molecule has 0 amide bonds. The Balaban J connectivity index is 4.51. The van der Waals surface area contributed by atoms with Crippen molar-refractivity contribution in [1.82, 2.24) is 0 Å². The minimum Gasteiger partial charge on any atom is -0.463 e. The van der Waals surface area contributed by atoms with Crippen molar-refractivity contribution in [2.75, 3.05) is 39.6 Å². The number of ether oxygens (including phenoxy) is 3. The quantitative estimate of drug-likeness (QED) is 0.0146. The van der Waals surface area contributed by atoms with Gasteiger partial charge in [0.05, 0.1) is 26.4 Å². The normalized spacial score (nSPS) is 14.5. The summed E-state index contributed by atoms with van der Waals surface area (Å²) < 4.78 is 61.2. The molecule has 4 N–H and O–H groups in total. The van der Waals surface area contributed by atoms with Crippen LogP contribution in [0.3, 0.4) is 0 Å². The summed E-state index contributed by atoms with van der Waals surface area (Å²) in [5, 5.41) is 20.6. The summed E-state index contributed by atoms with van der Waals surface area (Å²) in [6.45, 7) is 2.66. The second-order valence-corrected chi connectivity index (χ2v) is 30.1. The number of esters is 3. The van der Waals surface area contributed by atoms with E-state index in [0.29, 0.717) is 19.3 Å². The van der Waals surface area contributed by atoms with Gasteiger partial charge in [-0.1, -0.05) is 323 Å². The van der Waals surface area contributed by atoms with Crippen LogP contribution in [-0.2, 0) is 55.8 Å². The molecule has 0 spiro atoms. The van der Waals surface area contributed by atoms with Crippen LogP contribution < -0.4 is 0 Å². The summed E-state index contributed by atoms with van der Waals surface area (Å²) >= 11 is 0. The molecule has 0 aromatic rings. The molecule has 0 aromatic heterocycles. The summed E-state index contributed by atoms with van der Waals surface area (Å²) in [6.07, 6.45) is 87.3. The van der Waals surface area contributed by atoms with E-state index in [2.05, 4.69) is 118 Å². The van der Waals surface area contributed by atoms with Gasteiger partial charge in [0.15, 0.2) is 6.10 Å². The van der Waals surface area contributed by atoms with Crippen LogP contribution in [-0.4, -0.2) is 95.9 Å². The van der Waals surface area contributed by atoms with E-state index in [1.165, 1.54) is 173 Å². The molecule has 586 valence electrons. The van der Waals surface area contributed by atoms with Crippen LogP contribution in [0, 0.1) is 0 Å². The first-order valence-corrected chi connectivity index (χ1v) is 43.5. The number of allylic oxidation sites excluding steroid dienone is 16. The fraction of sp³-hybridized carbons (Fsp3) is 0.771. The maximum absolute atomic E-state index is 13.0. The van der Waals surface area contributed by atoms with Crippen LogP contribution in [0.1, 0.15) is 355 Å². The number of phosphoric acid groups is 2. The van der Waals surface area contributed by atoms with Crippen molar-refractivity contribution in [1.29, 1.82) is 0 Å². The van der Waals surface area contributed by atoms with Crippen LogP contribution in [0.2, 0.25) is 0 Å². The van der Waals surface area contributed by atoms with Gasteiger partial charge >= 0.3 is 33.6 Å². The van der Waals surface area contributed by atoms with Gasteiger partial charge in [0.25, 0.3) is 0 Å². The van der Waals surface area contributed by atoms with E-state index in [1.807, 2.05) is 0 Å². The second-order valence-electron chi connectivity index (χ2n) is 27.2. The molecular weight excluding hydrogens is 1310 g/mol. The number of carbonyl (C=O) groups is 3. The lowest BCUT2D eigenvalue weighted by atomic mass is 10.0. The molecule has 0 aliphatic heterocycles. The smallest absolute Gasteiger partial charge is 0.463 e. The summed E-state index contributed by atoms with van der Waals surface area (Å²) in [4.78, 5) is 58.7. The Morgan fingerprint density at radius 3 is 0.802 bits per heavy atom. The summed E-state index contributed by atoms with van der Waals surface area (Å²) in [6, 6.07) is 0. The molecule has 18 heteroatoms. The van der Waals surface area contributed by atoms with E-state index in [9.17, 15) is 43.5 Å². The predicted octanol–water partition coefficient (Wildman–Crippen LogP) is 23.8. The number of unbranched alkanes of at least 4 members (excludes halogenated alkanes) is 38. The van der Waals surface area contributed by atoms with E-state index in [1.54, 1.807) is 0 Å². The molecule has 0 rings (SSSR count). The van der Waals surface area contributed by atoms with E-state index >= 15 is 0 Å². The number of phosphoric ester groups is 2. The van der Waals surface area contributed by atoms with Crippen LogP contribution in [0.5, 0.6) is 0 Å². The van der Waals surface area contributed by atoms with Gasteiger partial charge in [0.2, 0.25) is 0 Å². The summed E-state index contributed by atoms with van der Waals surface area (Å²) in [5.74, 6) is -1.57. The average Bonchev–Trinajstić information content (AvgIpc) is 0.949. The molecule has 0 aliphatic rings. The number of hydrogen-bond acceptors (Lipinski definition) is 14. The van der Waals surface area contributed by atoms with Gasteiger partial charge in [-0.05, 0) is 109 Å². The molecule has 0 aromatic carbocycles. The molecule has 0 radical (unpaired) electrons. The Hall–Kier alpha value is -3.53. The monoisotopic (exact) mass is 1460 g/mol. The molecule has 5 unspecified atom stereocenters. The highest BCUT2D eigenvalue weighted by Gasteiger charge is 2.29. The van der Waals surface area contributed by atoms with E-state index < -0.39 is 91.5 Å². The van der Waals surface area contributed by atoms with Gasteiger partial charge in [-0.2, -0.15) is 0 Å². The summed E-state index contributed by atoms with van der Waals surface area (Å²) in [5.41, 5.74) is 0. The molecule has 5 atom stereocenters. The van der Waals surface area contributed by atoms with Crippen molar-refractivity contribution in [3.8, 4) is 0 Å². The van der Waals surface area contributed by atoms with Gasteiger partial charge in [-0.15, -0.1) is 0 Å². The van der Waals surface area contributed by atoms with Crippen molar-refractivity contribution >= 4 is 33.6 Å². The number of hydrogen-bond donors (Lipinski definition) is 4. The third-order valence-electron chi connectivity index (χ3n) is 17.3. The molecule has 16 nitrogen and oxygen atoms in total. The Kier molecular flexibility index (Phi) is 73.5. The molecule has 0 bridgehead atoms. The number of rotatable bonds is 77. The van der Waals surface area contributed by atoms with Crippen LogP contribution in [0.4, 0.5) is 0 Å². The van der Waals surface area contributed by atoms with Crippen LogP contribution in [0.15, 0.2) is 97.2 Å².